The average Bonchev–Trinajstić information content (AvgIpc) is 2.39. The summed E-state index contributed by atoms with van der Waals surface area (Å²) in [6.07, 6.45) is 3.08. The molecule has 1 saturated heterocycles. The van der Waals surface area contributed by atoms with E-state index < -0.39 is 5.82 Å². The number of nitrogens with one attached hydrogen (secondary N) is 1. The van der Waals surface area contributed by atoms with E-state index in [9.17, 15) is 14.0 Å². The number of hydrogen-bond donors (Lipinski definition) is 1. The van der Waals surface area contributed by atoms with Gasteiger partial charge >= 0.3 is 0 Å². The van der Waals surface area contributed by atoms with E-state index in [0.717, 1.165) is 25.3 Å². The molecule has 1 aromatic rings. The van der Waals surface area contributed by atoms with Crippen molar-refractivity contribution in [2.45, 2.75) is 38.7 Å². The number of ketones is 1. The number of rotatable bonds is 4. The van der Waals surface area contributed by atoms with Crippen LogP contribution in [0.4, 0.5) is 10.1 Å². The van der Waals surface area contributed by atoms with E-state index in [1.165, 1.54) is 19.1 Å². The molecular weight excluding hydrogens is 261 g/mol. The minimum absolute atomic E-state index is 0.0851. The van der Waals surface area contributed by atoms with Crippen LogP contribution < -0.4 is 5.32 Å². The first kappa shape index (κ1) is 14.7. The van der Waals surface area contributed by atoms with Gasteiger partial charge in [0.05, 0.1) is 18.2 Å². The standard InChI is InChI=1S/C15H18FNO3/c1-10(18)13-6-5-11(16)8-14(13)17-15(19)9-12-4-2-3-7-20-12/h5-6,8,12H,2-4,7,9H2,1H3,(H,17,19)/t12-/m1/s1. The van der Waals surface area contributed by atoms with Crippen LogP contribution in [0, 0.1) is 5.82 Å². The van der Waals surface area contributed by atoms with Crippen LogP contribution in [0.2, 0.25) is 0 Å². The van der Waals surface area contributed by atoms with Crippen LogP contribution in [0.25, 0.3) is 0 Å². The van der Waals surface area contributed by atoms with Gasteiger partial charge in [-0.1, -0.05) is 0 Å². The van der Waals surface area contributed by atoms with Crippen LogP contribution in [-0.4, -0.2) is 24.4 Å². The lowest BCUT2D eigenvalue weighted by molar-refractivity contribution is -0.119. The van der Waals surface area contributed by atoms with Gasteiger partial charge < -0.3 is 10.1 Å². The maximum absolute atomic E-state index is 13.2. The van der Waals surface area contributed by atoms with Gasteiger partial charge in [-0.3, -0.25) is 9.59 Å². The fourth-order valence-electron chi connectivity index (χ4n) is 2.30. The smallest absolute Gasteiger partial charge is 0.227 e. The summed E-state index contributed by atoms with van der Waals surface area (Å²) in [7, 11) is 0. The molecular formula is C15H18FNO3. The van der Waals surface area contributed by atoms with Crippen molar-refractivity contribution in [2.24, 2.45) is 0 Å². The minimum atomic E-state index is -0.487. The first-order valence-corrected chi connectivity index (χ1v) is 6.78. The van der Waals surface area contributed by atoms with E-state index in [-0.39, 0.29) is 29.9 Å². The van der Waals surface area contributed by atoms with Gasteiger partial charge in [0.2, 0.25) is 5.91 Å². The summed E-state index contributed by atoms with van der Waals surface area (Å²) in [6.45, 7) is 2.06. The molecule has 20 heavy (non-hydrogen) atoms. The fourth-order valence-corrected chi connectivity index (χ4v) is 2.30. The summed E-state index contributed by atoms with van der Waals surface area (Å²) >= 11 is 0. The van der Waals surface area contributed by atoms with Crippen molar-refractivity contribution in [2.75, 3.05) is 11.9 Å². The zero-order valence-corrected chi connectivity index (χ0v) is 11.4. The summed E-state index contributed by atoms with van der Waals surface area (Å²) in [5.41, 5.74) is 0.530. The number of hydrogen-bond acceptors (Lipinski definition) is 3. The van der Waals surface area contributed by atoms with E-state index in [1.807, 2.05) is 0 Å². The molecule has 0 aromatic heterocycles. The van der Waals surface area contributed by atoms with E-state index in [2.05, 4.69) is 5.32 Å². The molecule has 1 fully saturated rings. The number of amides is 1. The van der Waals surface area contributed by atoms with Gasteiger partial charge in [-0.2, -0.15) is 0 Å². The van der Waals surface area contributed by atoms with Gasteiger partial charge in [0.25, 0.3) is 0 Å². The number of anilines is 1. The van der Waals surface area contributed by atoms with Crippen LogP contribution >= 0.6 is 0 Å². The van der Waals surface area contributed by atoms with Gasteiger partial charge in [0.1, 0.15) is 5.82 Å². The highest BCUT2D eigenvalue weighted by molar-refractivity contribution is 6.03. The molecule has 1 aliphatic heterocycles. The molecule has 1 atom stereocenters. The fraction of sp³-hybridized carbons (Fsp3) is 0.467. The molecule has 1 heterocycles. The number of carbonyl (C=O) groups excluding carboxylic acids is 2. The lowest BCUT2D eigenvalue weighted by atomic mass is 10.1. The normalized spacial score (nSPS) is 18.6. The van der Waals surface area contributed by atoms with Gasteiger partial charge in [0, 0.05) is 12.2 Å². The van der Waals surface area contributed by atoms with E-state index in [4.69, 9.17) is 4.74 Å². The Balaban J connectivity index is 2.03. The highest BCUT2D eigenvalue weighted by Gasteiger charge is 2.19. The Kier molecular flexibility index (Phi) is 4.84. The lowest BCUT2D eigenvalue weighted by Crippen LogP contribution is -2.26. The predicted molar refractivity (Wildman–Crippen MR) is 73.2 cm³/mol. The molecule has 0 radical (unpaired) electrons. The first-order valence-electron chi connectivity index (χ1n) is 6.78. The maximum atomic E-state index is 13.2. The number of carbonyl (C=O) groups is 2. The Labute approximate surface area is 117 Å². The molecule has 1 amide bonds. The van der Waals surface area contributed by atoms with Crippen molar-refractivity contribution in [3.05, 3.63) is 29.6 Å². The molecule has 0 spiro atoms. The zero-order valence-electron chi connectivity index (χ0n) is 11.4. The topological polar surface area (TPSA) is 55.4 Å². The Morgan fingerprint density at radius 2 is 2.20 bits per heavy atom. The van der Waals surface area contributed by atoms with Crippen molar-refractivity contribution in [3.8, 4) is 0 Å². The monoisotopic (exact) mass is 279 g/mol. The van der Waals surface area contributed by atoms with Crippen LogP contribution in [0.1, 0.15) is 43.0 Å². The molecule has 0 aliphatic carbocycles. The average molecular weight is 279 g/mol. The molecule has 5 heteroatoms. The van der Waals surface area contributed by atoms with Crippen molar-refractivity contribution in [1.82, 2.24) is 0 Å². The quantitative estimate of drug-likeness (QED) is 0.862. The third-order valence-electron chi connectivity index (χ3n) is 3.32. The molecule has 1 N–H and O–H groups in total. The third-order valence-corrected chi connectivity index (χ3v) is 3.32. The summed E-state index contributed by atoms with van der Waals surface area (Å²) in [5, 5.41) is 2.60. The second-order valence-electron chi connectivity index (χ2n) is 4.99. The van der Waals surface area contributed by atoms with Crippen LogP contribution in [-0.2, 0) is 9.53 Å². The molecule has 108 valence electrons. The molecule has 0 unspecified atom stereocenters. The largest absolute Gasteiger partial charge is 0.378 e. The Bertz CT molecular complexity index is 510. The second kappa shape index (κ2) is 6.61. The Morgan fingerprint density at radius 3 is 2.85 bits per heavy atom. The SMILES string of the molecule is CC(=O)c1ccc(F)cc1NC(=O)C[C@H]1CCCCO1. The van der Waals surface area contributed by atoms with Crippen molar-refractivity contribution in [3.63, 3.8) is 0 Å². The zero-order chi connectivity index (χ0) is 14.5. The van der Waals surface area contributed by atoms with Crippen LogP contribution in [0.5, 0.6) is 0 Å². The van der Waals surface area contributed by atoms with Gasteiger partial charge in [-0.05, 0) is 44.4 Å². The Hall–Kier alpha value is -1.75. The molecule has 2 rings (SSSR count). The van der Waals surface area contributed by atoms with Gasteiger partial charge in [-0.25, -0.2) is 4.39 Å². The minimum Gasteiger partial charge on any atom is -0.378 e. The van der Waals surface area contributed by atoms with E-state index in [0.29, 0.717) is 12.2 Å². The van der Waals surface area contributed by atoms with Gasteiger partial charge in [-0.15, -0.1) is 0 Å². The first-order chi connectivity index (χ1) is 9.56. The predicted octanol–water partition coefficient (Wildman–Crippen LogP) is 2.93. The van der Waals surface area contributed by atoms with Crippen LogP contribution in [0.15, 0.2) is 18.2 Å². The number of Topliss-reactive ketones (excluding diaryl/α,β-unsaturated/α-hetero) is 1. The summed E-state index contributed by atoms with van der Waals surface area (Å²) in [6, 6.07) is 3.75. The number of benzene rings is 1. The molecule has 4 nitrogen and oxygen atoms in total. The highest BCUT2D eigenvalue weighted by atomic mass is 19.1. The summed E-state index contributed by atoms with van der Waals surface area (Å²) in [5.74, 6) is -0.960. The maximum Gasteiger partial charge on any atom is 0.227 e. The Morgan fingerprint density at radius 1 is 1.40 bits per heavy atom. The number of ether oxygens (including phenoxy) is 1. The highest BCUT2D eigenvalue weighted by Crippen LogP contribution is 2.20. The van der Waals surface area contributed by atoms with Crippen LogP contribution in [0.3, 0.4) is 0 Å². The van der Waals surface area contributed by atoms with Crippen molar-refractivity contribution < 1.29 is 18.7 Å². The molecule has 0 saturated carbocycles. The van der Waals surface area contributed by atoms with E-state index in [1.54, 1.807) is 0 Å². The van der Waals surface area contributed by atoms with E-state index >= 15 is 0 Å². The third kappa shape index (κ3) is 3.87. The summed E-state index contributed by atoms with van der Waals surface area (Å²) in [4.78, 5) is 23.4. The van der Waals surface area contributed by atoms with Gasteiger partial charge in [0.15, 0.2) is 5.78 Å². The molecule has 1 aromatic carbocycles. The molecule has 0 bridgehead atoms. The van der Waals surface area contributed by atoms with Crippen molar-refractivity contribution in [1.29, 1.82) is 0 Å². The molecule has 1 aliphatic rings. The lowest BCUT2D eigenvalue weighted by Gasteiger charge is -2.22. The van der Waals surface area contributed by atoms with Crippen molar-refractivity contribution >= 4 is 17.4 Å². The summed E-state index contributed by atoms with van der Waals surface area (Å²) < 4.78 is 18.7. The number of halogens is 1. The second-order valence-corrected chi connectivity index (χ2v) is 4.99.